The van der Waals surface area contributed by atoms with Crippen LogP contribution in [0, 0.1) is 6.92 Å². The van der Waals surface area contributed by atoms with E-state index in [9.17, 15) is 14.4 Å². The third-order valence-electron chi connectivity index (χ3n) is 4.33. The summed E-state index contributed by atoms with van der Waals surface area (Å²) in [5, 5.41) is 11.8. The predicted molar refractivity (Wildman–Crippen MR) is 129 cm³/mol. The summed E-state index contributed by atoms with van der Waals surface area (Å²) < 4.78 is 13.2. The van der Waals surface area contributed by atoms with Crippen LogP contribution in [-0.2, 0) is 16.1 Å². The van der Waals surface area contributed by atoms with E-state index in [1.807, 2.05) is 11.5 Å². The Morgan fingerprint density at radius 2 is 2.06 bits per heavy atom. The Morgan fingerprint density at radius 3 is 2.64 bits per heavy atom. The molecule has 3 heterocycles. The number of aromatic nitrogens is 3. The molecule has 0 radical (unpaired) electrons. The number of nitrogens with one attached hydrogen (secondary N) is 1. The Bertz CT molecular complexity index is 1200. The average Bonchev–Trinajstić information content (AvgIpc) is 3.42. The number of rotatable bonds is 9. The minimum absolute atomic E-state index is 0.00149. The first kappa shape index (κ1) is 25.0. The molecule has 0 aromatic carbocycles. The number of ether oxygens (including phenoxy) is 1. The molecule has 176 valence electrons. The van der Waals surface area contributed by atoms with Crippen LogP contribution in [0.3, 0.4) is 0 Å². The number of furan rings is 1. The van der Waals surface area contributed by atoms with E-state index >= 15 is 0 Å². The van der Waals surface area contributed by atoms with Gasteiger partial charge in [0.2, 0.25) is 11.7 Å². The molecule has 0 spiro atoms. The molecule has 10 nitrogen and oxygen atoms in total. The number of carbonyl (C=O) groups excluding carboxylic acids is 3. The summed E-state index contributed by atoms with van der Waals surface area (Å²) >= 11 is 5.39. The Hall–Kier alpha value is -2.64. The molecule has 0 aliphatic rings. The van der Waals surface area contributed by atoms with E-state index in [1.54, 1.807) is 32.9 Å². The topological polar surface area (TPSA) is 142 Å². The van der Waals surface area contributed by atoms with Gasteiger partial charge in [0.25, 0.3) is 5.91 Å². The molecule has 0 fully saturated rings. The molecule has 2 amide bonds. The maximum atomic E-state index is 12.7. The normalized spacial score (nSPS) is 11.1. The second-order valence-corrected chi connectivity index (χ2v) is 9.81. The second kappa shape index (κ2) is 10.5. The van der Waals surface area contributed by atoms with Gasteiger partial charge < -0.3 is 20.2 Å². The summed E-state index contributed by atoms with van der Waals surface area (Å²) in [6.07, 6.45) is -0.364. The zero-order valence-electron chi connectivity index (χ0n) is 18.3. The minimum Gasteiger partial charge on any atom is -0.459 e. The summed E-state index contributed by atoms with van der Waals surface area (Å²) in [7, 11) is 0. The zero-order chi connectivity index (χ0) is 24.3. The van der Waals surface area contributed by atoms with Crippen LogP contribution in [0.5, 0.6) is 0 Å². The van der Waals surface area contributed by atoms with Crippen molar-refractivity contribution in [2.45, 2.75) is 45.5 Å². The molecule has 3 aromatic rings. The number of nitrogens with two attached hydrogens (primary N) is 1. The van der Waals surface area contributed by atoms with E-state index in [2.05, 4.69) is 31.4 Å². The molecule has 0 saturated heterocycles. The van der Waals surface area contributed by atoms with Crippen LogP contribution in [0.1, 0.15) is 46.4 Å². The van der Waals surface area contributed by atoms with Crippen LogP contribution >= 0.6 is 39.0 Å². The van der Waals surface area contributed by atoms with E-state index in [0.29, 0.717) is 33.5 Å². The van der Waals surface area contributed by atoms with Crippen molar-refractivity contribution in [2.24, 2.45) is 5.73 Å². The van der Waals surface area contributed by atoms with Gasteiger partial charge in [-0.05, 0) is 61.3 Å². The summed E-state index contributed by atoms with van der Waals surface area (Å²) in [5.41, 5.74) is 5.93. The van der Waals surface area contributed by atoms with Gasteiger partial charge in [0.15, 0.2) is 15.6 Å². The van der Waals surface area contributed by atoms with Crippen LogP contribution < -0.4 is 11.1 Å². The molecule has 3 N–H and O–H groups in total. The van der Waals surface area contributed by atoms with Gasteiger partial charge in [-0.15, -0.1) is 21.5 Å². The first-order valence-corrected chi connectivity index (χ1v) is 12.5. The van der Waals surface area contributed by atoms with Gasteiger partial charge in [0, 0.05) is 6.54 Å². The lowest BCUT2D eigenvalue weighted by molar-refractivity contribution is -0.113. The van der Waals surface area contributed by atoms with Crippen molar-refractivity contribution in [3.63, 3.8) is 0 Å². The zero-order valence-corrected chi connectivity index (χ0v) is 21.5. The van der Waals surface area contributed by atoms with Crippen molar-refractivity contribution in [3.8, 4) is 11.6 Å². The molecular formula is C20H22BrN5O5S2. The number of hydrogen-bond acceptors (Lipinski definition) is 9. The van der Waals surface area contributed by atoms with Crippen LogP contribution in [0.15, 0.2) is 26.4 Å². The predicted octanol–water partition coefficient (Wildman–Crippen LogP) is 4.09. The van der Waals surface area contributed by atoms with Crippen LogP contribution in [0.25, 0.3) is 11.6 Å². The molecule has 0 unspecified atom stereocenters. The summed E-state index contributed by atoms with van der Waals surface area (Å²) in [6, 6.07) is 3.53. The molecule has 3 aromatic heterocycles. The number of anilines is 1. The number of esters is 1. The lowest BCUT2D eigenvalue weighted by atomic mass is 10.1. The third-order valence-corrected chi connectivity index (χ3v) is 6.94. The Kier molecular flexibility index (Phi) is 7.97. The average molecular weight is 556 g/mol. The van der Waals surface area contributed by atoms with Crippen molar-refractivity contribution in [2.75, 3.05) is 11.1 Å². The molecule has 0 aliphatic heterocycles. The SMILES string of the molecule is CCn1c(SCC(=O)Nc2sc(C(N)=O)c(C)c2C(=O)OC(C)C)nnc1-c1ccc(Br)o1. The molecular weight excluding hydrogens is 534 g/mol. The number of hydrogen-bond donors (Lipinski definition) is 2. The highest BCUT2D eigenvalue weighted by Gasteiger charge is 2.26. The van der Waals surface area contributed by atoms with E-state index in [4.69, 9.17) is 14.9 Å². The summed E-state index contributed by atoms with van der Waals surface area (Å²) in [4.78, 5) is 37.2. The number of thioether (sulfide) groups is 1. The lowest BCUT2D eigenvalue weighted by Gasteiger charge is -2.10. The first-order chi connectivity index (χ1) is 15.6. The third kappa shape index (κ3) is 5.65. The van der Waals surface area contributed by atoms with Crippen molar-refractivity contribution >= 4 is 61.8 Å². The number of halogens is 1. The van der Waals surface area contributed by atoms with Crippen LogP contribution in [0.4, 0.5) is 5.00 Å². The smallest absolute Gasteiger partial charge is 0.341 e. The fraction of sp³-hybridized carbons (Fsp3) is 0.350. The van der Waals surface area contributed by atoms with E-state index in [1.165, 1.54) is 11.8 Å². The number of carbonyl (C=O) groups is 3. The van der Waals surface area contributed by atoms with E-state index in [0.717, 1.165) is 11.3 Å². The Balaban J connectivity index is 1.76. The van der Waals surface area contributed by atoms with Crippen LogP contribution in [0.2, 0.25) is 0 Å². The van der Waals surface area contributed by atoms with Gasteiger partial charge in [0.1, 0.15) is 5.00 Å². The van der Waals surface area contributed by atoms with Crippen molar-refractivity contribution in [3.05, 3.63) is 32.8 Å². The molecule has 0 bridgehead atoms. The molecule has 0 atom stereocenters. The highest BCUT2D eigenvalue weighted by Crippen LogP contribution is 2.34. The van der Waals surface area contributed by atoms with Gasteiger partial charge in [0.05, 0.1) is 22.3 Å². The molecule has 33 heavy (non-hydrogen) atoms. The maximum Gasteiger partial charge on any atom is 0.341 e. The first-order valence-electron chi connectivity index (χ1n) is 9.88. The van der Waals surface area contributed by atoms with Crippen LogP contribution in [-0.4, -0.2) is 44.4 Å². The Morgan fingerprint density at radius 1 is 1.33 bits per heavy atom. The standard InChI is InChI=1S/C20H22BrN5O5S2/c1-5-26-17(11-6-7-12(21)31-11)24-25-20(26)32-8-13(27)23-18-14(19(29)30-9(2)3)10(4)15(33-18)16(22)28/h6-7,9H,5,8H2,1-4H3,(H2,22,28)(H,23,27). The number of nitrogens with zero attached hydrogens (tertiary/aromatic N) is 3. The van der Waals surface area contributed by atoms with Gasteiger partial charge in [-0.3, -0.25) is 14.2 Å². The number of amides is 2. The largest absolute Gasteiger partial charge is 0.459 e. The lowest BCUT2D eigenvalue weighted by Crippen LogP contribution is -2.18. The van der Waals surface area contributed by atoms with Gasteiger partial charge in [-0.2, -0.15) is 0 Å². The highest BCUT2D eigenvalue weighted by atomic mass is 79.9. The second-order valence-electron chi connectivity index (χ2n) is 7.07. The van der Waals surface area contributed by atoms with Gasteiger partial charge in [-0.1, -0.05) is 11.8 Å². The number of thiophene rings is 1. The van der Waals surface area contributed by atoms with Crippen molar-refractivity contribution in [1.29, 1.82) is 0 Å². The van der Waals surface area contributed by atoms with Gasteiger partial charge in [-0.25, -0.2) is 4.79 Å². The fourth-order valence-electron chi connectivity index (χ4n) is 2.95. The summed E-state index contributed by atoms with van der Waals surface area (Å²) in [6.45, 7) is 7.52. The number of primary amides is 1. The van der Waals surface area contributed by atoms with Crippen molar-refractivity contribution in [1.82, 2.24) is 14.8 Å². The maximum absolute atomic E-state index is 12.7. The fourth-order valence-corrected chi connectivity index (χ4v) is 5.12. The quantitative estimate of drug-likeness (QED) is 0.297. The van der Waals surface area contributed by atoms with E-state index < -0.39 is 11.9 Å². The van der Waals surface area contributed by atoms with Gasteiger partial charge >= 0.3 is 5.97 Å². The molecule has 13 heteroatoms. The monoisotopic (exact) mass is 555 g/mol. The summed E-state index contributed by atoms with van der Waals surface area (Å²) in [5.74, 6) is -0.600. The van der Waals surface area contributed by atoms with Crippen molar-refractivity contribution < 1.29 is 23.5 Å². The highest BCUT2D eigenvalue weighted by molar-refractivity contribution is 9.10. The van der Waals surface area contributed by atoms with E-state index in [-0.39, 0.29) is 33.2 Å². The molecule has 0 aliphatic carbocycles. The Labute approximate surface area is 206 Å². The molecule has 0 saturated carbocycles. The molecule has 3 rings (SSSR count). The minimum atomic E-state index is -0.681.